The van der Waals surface area contributed by atoms with Crippen molar-refractivity contribution in [3.8, 4) is 0 Å². The summed E-state index contributed by atoms with van der Waals surface area (Å²) in [5.74, 6) is -0.635. The lowest BCUT2D eigenvalue weighted by Gasteiger charge is -2.17. The van der Waals surface area contributed by atoms with Crippen LogP contribution in [-0.4, -0.2) is 9.91 Å². The van der Waals surface area contributed by atoms with E-state index in [1.165, 1.54) is 47.3 Å². The SMILES string of the molecule is O=[N+]([O-])c1cccc(/C([O-])=C(/C(=S)Nc2cccc(C(F)(F)F)c2)[n+]2ccccc2)c1. The monoisotopic (exact) mass is 445 g/mol. The summed E-state index contributed by atoms with van der Waals surface area (Å²) in [5.41, 5.74) is -1.18. The van der Waals surface area contributed by atoms with Crippen LogP contribution >= 0.6 is 12.2 Å². The van der Waals surface area contributed by atoms with Gasteiger partial charge in [0.05, 0.1) is 10.5 Å². The Bertz CT molecular complexity index is 1170. The normalized spacial score (nSPS) is 12.1. The number of alkyl halides is 3. The minimum Gasteiger partial charge on any atom is -0.867 e. The second-order valence-corrected chi connectivity index (χ2v) is 6.71. The minimum absolute atomic E-state index is 0.00810. The number of nitrogens with one attached hydrogen (secondary N) is 1. The van der Waals surface area contributed by atoms with E-state index >= 15 is 0 Å². The number of rotatable bonds is 5. The zero-order valence-corrected chi connectivity index (χ0v) is 16.5. The van der Waals surface area contributed by atoms with Gasteiger partial charge >= 0.3 is 6.18 Å². The number of nitro groups is 1. The fourth-order valence-corrected chi connectivity index (χ4v) is 3.06. The van der Waals surface area contributed by atoms with Gasteiger partial charge in [0.1, 0.15) is 0 Å². The Morgan fingerprint density at radius 1 is 1.00 bits per heavy atom. The van der Waals surface area contributed by atoms with Crippen LogP contribution in [0.2, 0.25) is 0 Å². The Morgan fingerprint density at radius 3 is 2.32 bits per heavy atom. The first-order valence-corrected chi connectivity index (χ1v) is 9.19. The lowest BCUT2D eigenvalue weighted by molar-refractivity contribution is -0.577. The average molecular weight is 445 g/mol. The zero-order chi connectivity index (χ0) is 22.6. The van der Waals surface area contributed by atoms with Gasteiger partial charge in [0.15, 0.2) is 17.4 Å². The molecular weight excluding hydrogens is 431 g/mol. The van der Waals surface area contributed by atoms with Gasteiger partial charge in [-0.05, 0) is 29.5 Å². The number of nitrogens with zero attached hydrogens (tertiary/aromatic N) is 2. The molecule has 1 aromatic heterocycles. The molecule has 158 valence electrons. The van der Waals surface area contributed by atoms with Gasteiger partial charge in [-0.25, -0.2) is 0 Å². The Balaban J connectivity index is 2.06. The molecule has 3 rings (SSSR count). The summed E-state index contributed by atoms with van der Waals surface area (Å²) in [4.78, 5) is 10.3. The van der Waals surface area contributed by atoms with E-state index in [9.17, 15) is 28.4 Å². The van der Waals surface area contributed by atoms with Crippen LogP contribution in [0.1, 0.15) is 11.1 Å². The highest BCUT2D eigenvalue weighted by Crippen LogP contribution is 2.31. The van der Waals surface area contributed by atoms with Crippen molar-refractivity contribution in [1.29, 1.82) is 0 Å². The van der Waals surface area contributed by atoms with Crippen LogP contribution in [0.5, 0.6) is 0 Å². The highest BCUT2D eigenvalue weighted by molar-refractivity contribution is 7.81. The van der Waals surface area contributed by atoms with E-state index in [-0.39, 0.29) is 27.6 Å². The fourth-order valence-electron chi connectivity index (χ4n) is 2.75. The molecule has 10 heteroatoms. The van der Waals surface area contributed by atoms with Gasteiger partial charge in [-0.2, -0.15) is 17.7 Å². The molecular formula is C21H14F3N3O3S. The molecule has 0 unspecified atom stereocenters. The lowest BCUT2D eigenvalue weighted by Crippen LogP contribution is -2.39. The average Bonchev–Trinajstić information content (AvgIpc) is 2.74. The van der Waals surface area contributed by atoms with Gasteiger partial charge in [0, 0.05) is 30.0 Å². The predicted octanol–water partition coefficient (Wildman–Crippen LogP) is 4.03. The Morgan fingerprint density at radius 2 is 1.68 bits per heavy atom. The smallest absolute Gasteiger partial charge is 0.416 e. The summed E-state index contributed by atoms with van der Waals surface area (Å²) < 4.78 is 40.4. The number of non-ortho nitro benzene ring substituents is 1. The van der Waals surface area contributed by atoms with Crippen molar-refractivity contribution < 1.29 is 27.8 Å². The molecule has 0 fully saturated rings. The van der Waals surface area contributed by atoms with Gasteiger partial charge in [-0.3, -0.25) is 10.1 Å². The van der Waals surface area contributed by atoms with Crippen LogP contribution in [0.4, 0.5) is 24.5 Å². The van der Waals surface area contributed by atoms with Crippen molar-refractivity contribution >= 4 is 40.0 Å². The molecule has 1 N–H and O–H groups in total. The van der Waals surface area contributed by atoms with E-state index in [0.29, 0.717) is 0 Å². The zero-order valence-electron chi connectivity index (χ0n) is 15.7. The number of pyridine rings is 1. The van der Waals surface area contributed by atoms with Gasteiger partial charge < -0.3 is 10.4 Å². The molecule has 1 heterocycles. The number of hydrogen-bond acceptors (Lipinski definition) is 4. The largest absolute Gasteiger partial charge is 0.867 e. The molecule has 0 saturated heterocycles. The van der Waals surface area contributed by atoms with Crippen molar-refractivity contribution in [2.45, 2.75) is 6.18 Å². The van der Waals surface area contributed by atoms with Crippen LogP contribution in [0, 0.1) is 10.1 Å². The van der Waals surface area contributed by atoms with Crippen molar-refractivity contribution in [2.24, 2.45) is 0 Å². The number of nitro benzene ring substituents is 1. The highest BCUT2D eigenvalue weighted by atomic mass is 32.1. The van der Waals surface area contributed by atoms with Crippen molar-refractivity contribution in [2.75, 3.05) is 5.32 Å². The highest BCUT2D eigenvalue weighted by Gasteiger charge is 2.30. The Labute approximate surface area is 180 Å². The molecule has 3 aromatic rings. The molecule has 2 aromatic carbocycles. The van der Waals surface area contributed by atoms with E-state index in [1.807, 2.05) is 0 Å². The first-order valence-electron chi connectivity index (χ1n) is 8.78. The fraction of sp³-hybridized carbons (Fsp3) is 0.0476. The molecule has 31 heavy (non-hydrogen) atoms. The lowest BCUT2D eigenvalue weighted by atomic mass is 10.1. The molecule has 0 amide bonds. The number of aromatic nitrogens is 1. The molecule has 0 bridgehead atoms. The maximum absolute atomic E-state index is 13.2. The quantitative estimate of drug-likeness (QED) is 0.160. The third-order valence-corrected chi connectivity index (χ3v) is 4.47. The second kappa shape index (κ2) is 8.92. The third kappa shape index (κ3) is 5.23. The van der Waals surface area contributed by atoms with Crippen molar-refractivity contribution in [3.05, 3.63) is 100 Å². The molecule has 6 nitrogen and oxygen atoms in total. The van der Waals surface area contributed by atoms with Crippen LogP contribution in [0.15, 0.2) is 79.1 Å². The Kier molecular flexibility index (Phi) is 6.30. The summed E-state index contributed by atoms with van der Waals surface area (Å²) in [5, 5.41) is 26.9. The number of benzene rings is 2. The molecule has 0 aliphatic rings. The van der Waals surface area contributed by atoms with Crippen LogP contribution in [0.3, 0.4) is 0 Å². The topological polar surface area (TPSA) is 82.1 Å². The van der Waals surface area contributed by atoms with Crippen molar-refractivity contribution in [3.63, 3.8) is 0 Å². The number of hydrogen-bond donors (Lipinski definition) is 1. The summed E-state index contributed by atoms with van der Waals surface area (Å²) in [7, 11) is 0. The van der Waals surface area contributed by atoms with Gasteiger partial charge in [-0.1, -0.05) is 36.5 Å². The standard InChI is InChI=1S/C21H14F3N3O3S/c22-21(23,24)15-7-5-8-16(13-15)25-20(31)18(26-10-2-1-3-11-26)19(28)14-6-4-9-17(12-14)27(29)30/h1-13H,(H-,25,28,31). The van der Waals surface area contributed by atoms with Crippen LogP contribution in [0.25, 0.3) is 11.5 Å². The van der Waals surface area contributed by atoms with Crippen LogP contribution in [-0.2, 0) is 6.18 Å². The molecule has 0 aliphatic carbocycles. The molecule has 0 radical (unpaired) electrons. The molecule has 0 saturated carbocycles. The van der Waals surface area contributed by atoms with Crippen LogP contribution < -0.4 is 15.0 Å². The first kappa shape index (κ1) is 21.9. The predicted molar refractivity (Wildman–Crippen MR) is 111 cm³/mol. The van der Waals surface area contributed by atoms with E-state index in [2.05, 4.69) is 5.32 Å². The van der Waals surface area contributed by atoms with Gasteiger partial charge in [0.25, 0.3) is 5.69 Å². The van der Waals surface area contributed by atoms with Gasteiger partial charge in [-0.15, -0.1) is 0 Å². The molecule has 0 spiro atoms. The second-order valence-electron chi connectivity index (χ2n) is 6.30. The van der Waals surface area contributed by atoms with E-state index in [1.54, 1.807) is 18.2 Å². The van der Waals surface area contributed by atoms with Gasteiger partial charge in [0.2, 0.25) is 5.70 Å². The Hall–Kier alpha value is -3.79. The molecule has 0 aliphatic heterocycles. The maximum atomic E-state index is 13.2. The summed E-state index contributed by atoms with van der Waals surface area (Å²) in [6, 6.07) is 14.5. The minimum atomic E-state index is -4.54. The summed E-state index contributed by atoms with van der Waals surface area (Å²) in [6.45, 7) is 0. The summed E-state index contributed by atoms with van der Waals surface area (Å²) in [6.07, 6.45) is -1.48. The maximum Gasteiger partial charge on any atom is 0.416 e. The summed E-state index contributed by atoms with van der Waals surface area (Å²) >= 11 is 5.33. The first-order chi connectivity index (χ1) is 14.7. The van der Waals surface area contributed by atoms with Crippen molar-refractivity contribution in [1.82, 2.24) is 0 Å². The number of thiocarbonyl (C=S) groups is 1. The van der Waals surface area contributed by atoms with E-state index < -0.39 is 22.4 Å². The third-order valence-electron chi connectivity index (χ3n) is 4.17. The van der Waals surface area contributed by atoms with E-state index in [0.717, 1.165) is 18.2 Å². The molecule has 0 atom stereocenters. The van der Waals surface area contributed by atoms with E-state index in [4.69, 9.17) is 12.2 Å². The number of anilines is 1. The number of halogens is 3.